The van der Waals surface area contributed by atoms with Gasteiger partial charge in [0.1, 0.15) is 16.3 Å². The fourth-order valence-electron chi connectivity index (χ4n) is 3.36. The third-order valence-electron chi connectivity index (χ3n) is 4.89. The van der Waals surface area contributed by atoms with Crippen molar-refractivity contribution in [2.45, 2.75) is 31.6 Å². The SMILES string of the molecule is Cc1noc(C)c1S(=O)(=O)N1CCC(C(=O)NNC(=O)c2cc(Br)cn2C)CC1. The van der Waals surface area contributed by atoms with Crippen LogP contribution in [0.25, 0.3) is 0 Å². The Bertz CT molecular complexity index is 1020. The third-order valence-corrected chi connectivity index (χ3v) is 7.47. The summed E-state index contributed by atoms with van der Waals surface area (Å²) in [5.41, 5.74) is 5.53. The number of carbonyl (C=O) groups excluding carboxylic acids is 2. The van der Waals surface area contributed by atoms with Crippen molar-refractivity contribution >= 4 is 37.8 Å². The molecule has 158 valence electrons. The van der Waals surface area contributed by atoms with Crippen molar-refractivity contribution in [2.24, 2.45) is 13.0 Å². The van der Waals surface area contributed by atoms with Crippen molar-refractivity contribution in [1.29, 1.82) is 0 Å². The van der Waals surface area contributed by atoms with Gasteiger partial charge in [0.25, 0.3) is 5.91 Å². The molecular weight excluding hydrogens is 466 g/mol. The van der Waals surface area contributed by atoms with Crippen LogP contribution in [0.5, 0.6) is 0 Å². The fraction of sp³-hybridized carbons (Fsp3) is 0.471. The molecule has 3 rings (SSSR count). The summed E-state index contributed by atoms with van der Waals surface area (Å²) in [5.74, 6) is -0.935. The lowest BCUT2D eigenvalue weighted by Gasteiger charge is -2.30. The van der Waals surface area contributed by atoms with Crippen LogP contribution in [0.15, 0.2) is 26.2 Å². The Morgan fingerprint density at radius 2 is 1.90 bits per heavy atom. The van der Waals surface area contributed by atoms with E-state index in [4.69, 9.17) is 4.52 Å². The highest BCUT2D eigenvalue weighted by atomic mass is 79.9. The first-order chi connectivity index (χ1) is 13.6. The molecule has 0 atom stereocenters. The highest BCUT2D eigenvalue weighted by Crippen LogP contribution is 2.27. The number of nitrogens with zero attached hydrogens (tertiary/aromatic N) is 3. The molecule has 0 spiro atoms. The molecule has 0 radical (unpaired) electrons. The largest absolute Gasteiger partial charge is 0.360 e. The average molecular weight is 488 g/mol. The summed E-state index contributed by atoms with van der Waals surface area (Å²) in [5, 5.41) is 3.70. The summed E-state index contributed by atoms with van der Waals surface area (Å²) >= 11 is 3.29. The van der Waals surface area contributed by atoms with Gasteiger partial charge in [-0.2, -0.15) is 4.31 Å². The number of carbonyl (C=O) groups is 2. The van der Waals surface area contributed by atoms with Gasteiger partial charge in [0.15, 0.2) is 5.76 Å². The van der Waals surface area contributed by atoms with Crippen molar-refractivity contribution in [2.75, 3.05) is 13.1 Å². The number of sulfonamides is 1. The van der Waals surface area contributed by atoms with Crippen molar-refractivity contribution < 1.29 is 22.5 Å². The minimum Gasteiger partial charge on any atom is -0.360 e. The van der Waals surface area contributed by atoms with Gasteiger partial charge in [-0.05, 0) is 48.7 Å². The zero-order valence-corrected chi connectivity index (χ0v) is 18.6. The Balaban J connectivity index is 1.56. The van der Waals surface area contributed by atoms with Crippen molar-refractivity contribution in [3.63, 3.8) is 0 Å². The van der Waals surface area contributed by atoms with Gasteiger partial charge in [-0.1, -0.05) is 5.16 Å². The van der Waals surface area contributed by atoms with E-state index < -0.39 is 21.8 Å². The molecule has 2 N–H and O–H groups in total. The Hall–Kier alpha value is -2.18. The lowest BCUT2D eigenvalue weighted by atomic mass is 9.98. The first-order valence-corrected chi connectivity index (χ1v) is 11.2. The van der Waals surface area contributed by atoms with Crippen LogP contribution in [-0.4, -0.2) is 47.4 Å². The minimum absolute atomic E-state index is 0.0846. The Morgan fingerprint density at radius 3 is 2.41 bits per heavy atom. The van der Waals surface area contributed by atoms with E-state index >= 15 is 0 Å². The van der Waals surface area contributed by atoms with Gasteiger partial charge in [-0.15, -0.1) is 0 Å². The van der Waals surface area contributed by atoms with Gasteiger partial charge in [0, 0.05) is 36.7 Å². The van der Waals surface area contributed by atoms with E-state index in [1.54, 1.807) is 37.7 Å². The first-order valence-electron chi connectivity index (χ1n) is 8.96. The molecule has 1 fully saturated rings. The maximum Gasteiger partial charge on any atom is 0.286 e. The van der Waals surface area contributed by atoms with Crippen LogP contribution < -0.4 is 10.9 Å². The number of piperidine rings is 1. The second-order valence-corrected chi connectivity index (χ2v) is 9.72. The predicted molar refractivity (Wildman–Crippen MR) is 106 cm³/mol. The van der Waals surface area contributed by atoms with E-state index in [-0.39, 0.29) is 29.7 Å². The minimum atomic E-state index is -3.72. The molecule has 1 saturated heterocycles. The van der Waals surface area contributed by atoms with Gasteiger partial charge in [-0.3, -0.25) is 20.4 Å². The Kier molecular flexibility index (Phi) is 6.15. The van der Waals surface area contributed by atoms with Crippen molar-refractivity contribution in [1.82, 2.24) is 24.9 Å². The topological polar surface area (TPSA) is 127 Å². The van der Waals surface area contributed by atoms with Crippen LogP contribution in [0.1, 0.15) is 34.8 Å². The zero-order chi connectivity index (χ0) is 21.3. The molecule has 2 amide bonds. The number of aryl methyl sites for hydroxylation is 3. The summed E-state index contributed by atoms with van der Waals surface area (Å²) in [4.78, 5) is 24.6. The quantitative estimate of drug-likeness (QED) is 0.624. The van der Waals surface area contributed by atoms with Crippen molar-refractivity contribution in [3.8, 4) is 0 Å². The summed E-state index contributed by atoms with van der Waals surface area (Å²) < 4.78 is 34.4. The smallest absolute Gasteiger partial charge is 0.286 e. The van der Waals surface area contributed by atoms with E-state index in [2.05, 4.69) is 31.9 Å². The lowest BCUT2D eigenvalue weighted by molar-refractivity contribution is -0.126. The monoisotopic (exact) mass is 487 g/mol. The van der Waals surface area contributed by atoms with Crippen LogP contribution in [0, 0.1) is 19.8 Å². The molecule has 0 unspecified atom stereocenters. The lowest BCUT2D eigenvalue weighted by Crippen LogP contribution is -2.48. The molecule has 0 saturated carbocycles. The molecule has 0 aliphatic carbocycles. The van der Waals surface area contributed by atoms with Gasteiger partial charge in [-0.25, -0.2) is 8.42 Å². The molecule has 1 aliphatic rings. The molecule has 10 nitrogen and oxygen atoms in total. The van der Waals surface area contributed by atoms with Crippen LogP contribution in [0.2, 0.25) is 0 Å². The van der Waals surface area contributed by atoms with Crippen molar-refractivity contribution in [3.05, 3.63) is 33.9 Å². The third kappa shape index (κ3) is 4.38. The highest BCUT2D eigenvalue weighted by molar-refractivity contribution is 9.10. The van der Waals surface area contributed by atoms with E-state index in [0.717, 1.165) is 4.47 Å². The van der Waals surface area contributed by atoms with E-state index in [9.17, 15) is 18.0 Å². The average Bonchev–Trinajstić information content (AvgIpc) is 3.20. The molecule has 1 aliphatic heterocycles. The zero-order valence-electron chi connectivity index (χ0n) is 16.2. The molecule has 0 bridgehead atoms. The number of rotatable bonds is 4. The molecule has 29 heavy (non-hydrogen) atoms. The van der Waals surface area contributed by atoms with Gasteiger partial charge < -0.3 is 9.09 Å². The fourth-order valence-corrected chi connectivity index (χ4v) is 5.65. The van der Waals surface area contributed by atoms with Crippen LogP contribution >= 0.6 is 15.9 Å². The van der Waals surface area contributed by atoms with Gasteiger partial charge in [0.2, 0.25) is 15.9 Å². The number of nitrogens with one attached hydrogen (secondary N) is 2. The number of halogens is 1. The van der Waals surface area contributed by atoms with E-state index in [1.807, 2.05) is 0 Å². The van der Waals surface area contributed by atoms with Crippen LogP contribution in [-0.2, 0) is 21.9 Å². The molecule has 12 heteroatoms. The normalized spacial score (nSPS) is 16.0. The summed E-state index contributed by atoms with van der Waals surface area (Å²) in [6, 6.07) is 1.64. The first kappa shape index (κ1) is 21.5. The number of amides is 2. The molecule has 0 aromatic carbocycles. The predicted octanol–water partition coefficient (Wildman–Crippen LogP) is 1.25. The maximum absolute atomic E-state index is 12.8. The van der Waals surface area contributed by atoms with E-state index in [1.165, 1.54) is 4.31 Å². The molecule has 2 aromatic heterocycles. The second kappa shape index (κ2) is 8.28. The number of hydrogen-bond donors (Lipinski definition) is 2. The summed E-state index contributed by atoms with van der Waals surface area (Å²) in [6.07, 6.45) is 2.42. The second-order valence-electron chi connectivity index (χ2n) is 6.93. The van der Waals surface area contributed by atoms with Crippen LogP contribution in [0.4, 0.5) is 0 Å². The van der Waals surface area contributed by atoms with Gasteiger partial charge in [0.05, 0.1) is 0 Å². The van der Waals surface area contributed by atoms with E-state index in [0.29, 0.717) is 24.2 Å². The highest BCUT2D eigenvalue weighted by Gasteiger charge is 2.35. The van der Waals surface area contributed by atoms with Gasteiger partial charge >= 0.3 is 0 Å². The Morgan fingerprint density at radius 1 is 1.24 bits per heavy atom. The van der Waals surface area contributed by atoms with Crippen LogP contribution in [0.3, 0.4) is 0 Å². The standard InChI is InChI=1S/C17H22BrN5O5S/c1-10-15(11(2)28-21-10)29(26,27)23-6-4-12(5-7-23)16(24)19-20-17(25)14-8-13(18)9-22(14)3/h8-9,12H,4-7H2,1-3H3,(H,19,24)(H,20,25). The number of hydrogen-bond acceptors (Lipinski definition) is 6. The number of hydrazine groups is 1. The molecular formula is C17H22BrN5O5S. The maximum atomic E-state index is 12.8. The number of aromatic nitrogens is 2. The summed E-state index contributed by atoms with van der Waals surface area (Å²) in [7, 11) is -2.01. The molecule has 3 heterocycles. The Labute approximate surface area is 176 Å². The summed E-state index contributed by atoms with van der Waals surface area (Å²) in [6.45, 7) is 3.53. The molecule has 2 aromatic rings.